The van der Waals surface area contributed by atoms with Gasteiger partial charge in [0.1, 0.15) is 23.9 Å². The number of aromatic nitrogens is 4. The van der Waals surface area contributed by atoms with Crippen molar-refractivity contribution in [3.05, 3.63) is 102 Å². The number of benzene rings is 1. The molecule has 1 fully saturated rings. The Morgan fingerprint density at radius 2 is 1.95 bits per heavy atom. The average Bonchev–Trinajstić information content (AvgIpc) is 3.42. The normalized spacial score (nSPS) is 14.0. The van der Waals surface area contributed by atoms with Gasteiger partial charge in [-0.3, -0.25) is 19.5 Å². The van der Waals surface area contributed by atoms with Crippen molar-refractivity contribution < 1.29 is 18.4 Å². The van der Waals surface area contributed by atoms with E-state index in [9.17, 15) is 14.0 Å². The summed E-state index contributed by atoms with van der Waals surface area (Å²) in [6, 6.07) is 8.52. The summed E-state index contributed by atoms with van der Waals surface area (Å²) in [5, 5.41) is 2.88. The largest absolute Gasteiger partial charge is 0.451 e. The first kappa shape index (κ1) is 24.2. The number of halogens is 1. The van der Waals surface area contributed by atoms with Gasteiger partial charge in [0.15, 0.2) is 12.1 Å². The minimum atomic E-state index is -1.09. The second kappa shape index (κ2) is 11.1. The van der Waals surface area contributed by atoms with Gasteiger partial charge in [0, 0.05) is 30.4 Å². The van der Waals surface area contributed by atoms with Gasteiger partial charge in [0.25, 0.3) is 5.91 Å². The van der Waals surface area contributed by atoms with Gasteiger partial charge in [-0.15, -0.1) is 0 Å². The van der Waals surface area contributed by atoms with Crippen molar-refractivity contribution in [2.45, 2.75) is 37.6 Å². The number of oxazole rings is 1. The Bertz CT molecular complexity index is 1340. The Kier molecular flexibility index (Phi) is 7.25. The highest BCUT2D eigenvalue weighted by molar-refractivity contribution is 6.08. The topological polar surface area (TPSA) is 114 Å². The molecule has 0 spiro atoms. The van der Waals surface area contributed by atoms with Crippen molar-refractivity contribution in [1.82, 2.24) is 25.3 Å². The van der Waals surface area contributed by atoms with Gasteiger partial charge in [-0.25, -0.2) is 19.3 Å². The van der Waals surface area contributed by atoms with Crippen LogP contribution in [0.25, 0.3) is 0 Å². The van der Waals surface area contributed by atoms with Gasteiger partial charge in [-0.1, -0.05) is 24.6 Å². The van der Waals surface area contributed by atoms with Gasteiger partial charge >= 0.3 is 0 Å². The van der Waals surface area contributed by atoms with Crippen molar-refractivity contribution >= 4 is 17.5 Å². The van der Waals surface area contributed by atoms with Crippen LogP contribution in [0.2, 0.25) is 0 Å². The minimum Gasteiger partial charge on any atom is -0.451 e. The molecule has 0 bridgehead atoms. The molecule has 3 heterocycles. The first-order valence-electron chi connectivity index (χ1n) is 12.1. The van der Waals surface area contributed by atoms with Gasteiger partial charge in [-0.2, -0.15) is 0 Å². The fraction of sp³-hybridized carbons (Fsp3) is 0.259. The standard InChI is InChI=1S/C27H25FN6O3/c28-21-8-1-4-18(12-21)9-11-30-26(35)24(20-7-3-10-29-13-20)34(27(36)23-16-37-17-33-23)22-14-31-25(32-15-22)19-5-2-6-19/h1,3-4,7-8,10,12-17,19,24H,2,5-6,9,11H2,(H,30,35). The van der Waals surface area contributed by atoms with Gasteiger partial charge in [0.2, 0.25) is 5.91 Å². The van der Waals surface area contributed by atoms with E-state index in [1.807, 2.05) is 0 Å². The molecule has 4 aromatic rings. The first-order valence-corrected chi connectivity index (χ1v) is 12.1. The van der Waals surface area contributed by atoms with E-state index < -0.39 is 17.9 Å². The van der Waals surface area contributed by atoms with Gasteiger partial charge < -0.3 is 9.73 Å². The molecular formula is C27H25FN6O3. The van der Waals surface area contributed by atoms with E-state index in [-0.39, 0.29) is 18.1 Å². The van der Waals surface area contributed by atoms with Gasteiger partial charge in [0.05, 0.1) is 18.1 Å². The van der Waals surface area contributed by atoms with Crippen LogP contribution in [-0.4, -0.2) is 38.3 Å². The van der Waals surface area contributed by atoms with Crippen molar-refractivity contribution in [2.24, 2.45) is 0 Å². The van der Waals surface area contributed by atoms with Crippen molar-refractivity contribution in [3.8, 4) is 0 Å². The number of hydrogen-bond donors (Lipinski definition) is 1. The third kappa shape index (κ3) is 5.53. The molecule has 1 atom stereocenters. The molecule has 2 amide bonds. The smallest absolute Gasteiger partial charge is 0.281 e. The van der Waals surface area contributed by atoms with Crippen molar-refractivity contribution in [1.29, 1.82) is 0 Å². The Morgan fingerprint density at radius 1 is 1.11 bits per heavy atom. The molecule has 188 valence electrons. The Labute approximate surface area is 212 Å². The second-order valence-electron chi connectivity index (χ2n) is 8.84. The van der Waals surface area contributed by atoms with E-state index in [1.54, 1.807) is 42.9 Å². The fourth-order valence-corrected chi connectivity index (χ4v) is 4.23. The van der Waals surface area contributed by atoms with Crippen LogP contribution < -0.4 is 10.2 Å². The van der Waals surface area contributed by atoms with E-state index in [0.29, 0.717) is 23.6 Å². The molecule has 1 aliphatic carbocycles. The minimum absolute atomic E-state index is 0.0320. The molecule has 1 unspecified atom stereocenters. The molecule has 1 saturated carbocycles. The van der Waals surface area contributed by atoms with E-state index in [4.69, 9.17) is 4.42 Å². The molecule has 10 heteroatoms. The number of hydrogen-bond acceptors (Lipinski definition) is 7. The van der Waals surface area contributed by atoms with E-state index in [1.165, 1.54) is 29.5 Å². The predicted octanol–water partition coefficient (Wildman–Crippen LogP) is 4.01. The maximum atomic E-state index is 13.7. The summed E-state index contributed by atoms with van der Waals surface area (Å²) in [4.78, 5) is 45.7. The summed E-state index contributed by atoms with van der Waals surface area (Å²) >= 11 is 0. The lowest BCUT2D eigenvalue weighted by Crippen LogP contribution is -2.44. The highest BCUT2D eigenvalue weighted by Gasteiger charge is 2.35. The number of nitrogens with one attached hydrogen (secondary N) is 1. The first-order chi connectivity index (χ1) is 18.1. The van der Waals surface area contributed by atoms with Crippen molar-refractivity contribution in [2.75, 3.05) is 11.4 Å². The molecule has 0 saturated heterocycles. The van der Waals surface area contributed by atoms with E-state index >= 15 is 0 Å². The average molecular weight is 501 g/mol. The monoisotopic (exact) mass is 500 g/mol. The van der Waals surface area contributed by atoms with Crippen LogP contribution in [0.4, 0.5) is 10.1 Å². The number of anilines is 1. The third-order valence-corrected chi connectivity index (χ3v) is 6.39. The van der Waals surface area contributed by atoms with Gasteiger partial charge in [-0.05, 0) is 43.0 Å². The van der Waals surface area contributed by atoms with Crippen LogP contribution in [-0.2, 0) is 11.2 Å². The van der Waals surface area contributed by atoms with E-state index in [0.717, 1.165) is 37.0 Å². The predicted molar refractivity (Wildman–Crippen MR) is 132 cm³/mol. The van der Waals surface area contributed by atoms with Crippen LogP contribution in [0.5, 0.6) is 0 Å². The highest BCUT2D eigenvalue weighted by atomic mass is 19.1. The fourth-order valence-electron chi connectivity index (χ4n) is 4.23. The summed E-state index contributed by atoms with van der Waals surface area (Å²) in [5.74, 6) is -0.297. The molecule has 0 aliphatic heterocycles. The summed E-state index contributed by atoms with van der Waals surface area (Å²) in [6.07, 6.45) is 12.2. The summed E-state index contributed by atoms with van der Waals surface area (Å²) in [6.45, 7) is 0.238. The van der Waals surface area contributed by atoms with Crippen LogP contribution in [0, 0.1) is 5.82 Å². The van der Waals surface area contributed by atoms with Crippen LogP contribution in [0.15, 0.2) is 78.3 Å². The third-order valence-electron chi connectivity index (χ3n) is 6.39. The Morgan fingerprint density at radius 3 is 2.59 bits per heavy atom. The lowest BCUT2D eigenvalue weighted by Gasteiger charge is -2.31. The second-order valence-corrected chi connectivity index (χ2v) is 8.84. The van der Waals surface area contributed by atoms with Crippen LogP contribution in [0.1, 0.15) is 58.7 Å². The number of rotatable bonds is 9. The van der Waals surface area contributed by atoms with Crippen LogP contribution in [0.3, 0.4) is 0 Å². The lowest BCUT2D eigenvalue weighted by atomic mass is 9.85. The summed E-state index contributed by atoms with van der Waals surface area (Å²) in [5.41, 5.74) is 1.61. The molecule has 1 aromatic carbocycles. The van der Waals surface area contributed by atoms with Crippen LogP contribution >= 0.6 is 0 Å². The number of carbonyl (C=O) groups excluding carboxylic acids is 2. The molecule has 0 radical (unpaired) electrons. The summed E-state index contributed by atoms with van der Waals surface area (Å²) in [7, 11) is 0. The zero-order valence-corrected chi connectivity index (χ0v) is 20.0. The van der Waals surface area contributed by atoms with E-state index in [2.05, 4.69) is 25.3 Å². The molecule has 5 rings (SSSR count). The molecule has 37 heavy (non-hydrogen) atoms. The Balaban J connectivity index is 1.46. The molecule has 3 aromatic heterocycles. The Hall–Kier alpha value is -4.47. The molecule has 9 nitrogen and oxygen atoms in total. The zero-order valence-electron chi connectivity index (χ0n) is 20.0. The molecule has 1 aliphatic rings. The van der Waals surface area contributed by atoms with Crippen molar-refractivity contribution in [3.63, 3.8) is 0 Å². The maximum Gasteiger partial charge on any atom is 0.281 e. The molecular weight excluding hydrogens is 475 g/mol. The lowest BCUT2D eigenvalue weighted by molar-refractivity contribution is -0.122. The number of nitrogens with zero attached hydrogens (tertiary/aromatic N) is 5. The highest BCUT2D eigenvalue weighted by Crippen LogP contribution is 2.35. The zero-order chi connectivity index (χ0) is 25.6. The number of pyridine rings is 1. The summed E-state index contributed by atoms with van der Waals surface area (Å²) < 4.78 is 18.6. The molecule has 1 N–H and O–H groups in total. The maximum absolute atomic E-state index is 13.7. The quantitative estimate of drug-likeness (QED) is 0.369. The SMILES string of the molecule is O=C(NCCc1cccc(F)c1)C(c1cccnc1)N(C(=O)c1cocn1)c1cnc(C2CCC2)nc1. The number of carbonyl (C=O) groups is 2. The number of amides is 2.